The Labute approximate surface area is 189 Å². The van der Waals surface area contributed by atoms with Gasteiger partial charge in [-0.25, -0.2) is 13.9 Å². The highest BCUT2D eigenvalue weighted by atomic mass is 35.5. The molecule has 2 amide bonds. The van der Waals surface area contributed by atoms with Crippen LogP contribution in [0.4, 0.5) is 10.1 Å². The lowest BCUT2D eigenvalue weighted by Gasteiger charge is -2.36. The van der Waals surface area contributed by atoms with E-state index in [1.807, 2.05) is 0 Å². The van der Waals surface area contributed by atoms with Crippen molar-refractivity contribution in [2.45, 2.75) is 45.1 Å². The summed E-state index contributed by atoms with van der Waals surface area (Å²) < 4.78 is 15.4. The predicted molar refractivity (Wildman–Crippen MR) is 118 cm³/mol. The van der Waals surface area contributed by atoms with Crippen molar-refractivity contribution in [3.8, 4) is 0 Å². The monoisotopic (exact) mass is 455 g/mol. The third kappa shape index (κ3) is 3.43. The molecule has 2 aliphatic rings. The lowest BCUT2D eigenvalue weighted by Crippen LogP contribution is -2.44. The molecule has 3 aromatic rings. The van der Waals surface area contributed by atoms with Crippen molar-refractivity contribution in [2.24, 2.45) is 5.41 Å². The Bertz CT molecular complexity index is 1220. The number of anilines is 1. The Morgan fingerprint density at radius 3 is 2.84 bits per heavy atom. The van der Waals surface area contributed by atoms with Gasteiger partial charge in [0.05, 0.1) is 22.3 Å². The molecule has 0 atom stereocenters. The second-order valence-corrected chi connectivity index (χ2v) is 9.14. The SMILES string of the molecule is Cc1cc(N2CCC3(CCC(NC(=O)c4cnn5cccnc45)CC3)C2=O)c(Cl)cc1F. The van der Waals surface area contributed by atoms with Crippen LogP contribution in [0, 0.1) is 18.2 Å². The summed E-state index contributed by atoms with van der Waals surface area (Å²) in [5.74, 6) is -0.535. The van der Waals surface area contributed by atoms with Crippen LogP contribution in [-0.4, -0.2) is 39.0 Å². The van der Waals surface area contributed by atoms with Gasteiger partial charge in [-0.1, -0.05) is 11.6 Å². The summed E-state index contributed by atoms with van der Waals surface area (Å²) in [5, 5.41) is 7.50. The molecule has 32 heavy (non-hydrogen) atoms. The molecule has 5 rings (SSSR count). The van der Waals surface area contributed by atoms with E-state index in [4.69, 9.17) is 11.6 Å². The summed E-state index contributed by atoms with van der Waals surface area (Å²) in [4.78, 5) is 32.1. The molecule has 2 aromatic heterocycles. The highest BCUT2D eigenvalue weighted by Crippen LogP contribution is 2.47. The first-order chi connectivity index (χ1) is 15.4. The number of benzene rings is 1. The van der Waals surface area contributed by atoms with Gasteiger partial charge in [0.25, 0.3) is 5.91 Å². The van der Waals surface area contributed by atoms with E-state index in [-0.39, 0.29) is 28.7 Å². The number of fused-ring (bicyclic) bond motifs is 1. The number of hydrogen-bond donors (Lipinski definition) is 1. The fourth-order valence-corrected chi connectivity index (χ4v) is 5.18. The molecule has 0 bridgehead atoms. The van der Waals surface area contributed by atoms with Crippen LogP contribution in [0.1, 0.15) is 48.0 Å². The smallest absolute Gasteiger partial charge is 0.256 e. The molecule has 2 fully saturated rings. The summed E-state index contributed by atoms with van der Waals surface area (Å²) in [6.07, 6.45) is 8.45. The van der Waals surface area contributed by atoms with Gasteiger partial charge in [0.1, 0.15) is 11.4 Å². The molecule has 1 saturated heterocycles. The number of rotatable bonds is 3. The average Bonchev–Trinajstić information content (AvgIpc) is 3.35. The first-order valence-electron chi connectivity index (χ1n) is 10.7. The second kappa shape index (κ2) is 7.85. The van der Waals surface area contributed by atoms with Gasteiger partial charge in [0.2, 0.25) is 5.91 Å². The zero-order valence-corrected chi connectivity index (χ0v) is 18.4. The predicted octanol–water partition coefficient (Wildman–Crippen LogP) is 3.93. The average molecular weight is 456 g/mol. The number of aromatic nitrogens is 3. The molecular formula is C23H23ClFN5O2. The van der Waals surface area contributed by atoms with Gasteiger partial charge in [-0.15, -0.1) is 0 Å². The van der Waals surface area contributed by atoms with Gasteiger partial charge in [0, 0.05) is 25.0 Å². The van der Waals surface area contributed by atoms with Crippen LogP contribution in [0.25, 0.3) is 5.65 Å². The Morgan fingerprint density at radius 2 is 2.06 bits per heavy atom. The van der Waals surface area contributed by atoms with Gasteiger partial charge in [-0.2, -0.15) is 5.10 Å². The van der Waals surface area contributed by atoms with Crippen molar-refractivity contribution in [1.82, 2.24) is 19.9 Å². The molecule has 3 heterocycles. The number of carbonyl (C=O) groups excluding carboxylic acids is 2. The molecular weight excluding hydrogens is 433 g/mol. The Hall–Kier alpha value is -3.00. The molecule has 166 valence electrons. The molecule has 1 aliphatic heterocycles. The molecule has 7 nitrogen and oxygen atoms in total. The third-order valence-electron chi connectivity index (χ3n) is 6.83. The number of nitrogens with one attached hydrogen (secondary N) is 1. The summed E-state index contributed by atoms with van der Waals surface area (Å²) in [6, 6.07) is 4.66. The number of aryl methyl sites for hydroxylation is 1. The quantitative estimate of drug-likeness (QED) is 0.649. The zero-order chi connectivity index (χ0) is 22.5. The Balaban J connectivity index is 1.26. The van der Waals surface area contributed by atoms with Crippen LogP contribution in [0.15, 0.2) is 36.8 Å². The largest absolute Gasteiger partial charge is 0.349 e. The van der Waals surface area contributed by atoms with E-state index in [9.17, 15) is 14.0 Å². The fraction of sp³-hybridized carbons (Fsp3) is 0.391. The minimum absolute atomic E-state index is 0.00899. The number of amides is 2. The second-order valence-electron chi connectivity index (χ2n) is 8.73. The van der Waals surface area contributed by atoms with E-state index in [1.165, 1.54) is 12.3 Å². The molecule has 1 aliphatic carbocycles. The van der Waals surface area contributed by atoms with E-state index in [0.717, 1.165) is 6.42 Å². The van der Waals surface area contributed by atoms with E-state index in [1.54, 1.807) is 40.9 Å². The minimum Gasteiger partial charge on any atom is -0.349 e. The number of carbonyl (C=O) groups is 2. The Morgan fingerprint density at radius 1 is 1.28 bits per heavy atom. The van der Waals surface area contributed by atoms with Gasteiger partial charge in [-0.05, 0) is 62.8 Å². The molecule has 9 heteroatoms. The minimum atomic E-state index is -0.446. The number of nitrogens with zero attached hydrogens (tertiary/aromatic N) is 4. The zero-order valence-electron chi connectivity index (χ0n) is 17.6. The van der Waals surface area contributed by atoms with Crippen LogP contribution in [-0.2, 0) is 4.79 Å². The van der Waals surface area contributed by atoms with Gasteiger partial charge < -0.3 is 10.2 Å². The van der Waals surface area contributed by atoms with E-state index in [2.05, 4.69) is 15.4 Å². The molecule has 1 spiro atoms. The summed E-state index contributed by atoms with van der Waals surface area (Å²) >= 11 is 6.25. The highest BCUT2D eigenvalue weighted by Gasteiger charge is 2.49. The van der Waals surface area contributed by atoms with Gasteiger partial charge in [0.15, 0.2) is 5.65 Å². The maximum absolute atomic E-state index is 13.8. The van der Waals surface area contributed by atoms with E-state index >= 15 is 0 Å². The first kappa shape index (κ1) is 20.9. The third-order valence-corrected chi connectivity index (χ3v) is 7.14. The summed E-state index contributed by atoms with van der Waals surface area (Å²) in [7, 11) is 0. The fourth-order valence-electron chi connectivity index (χ4n) is 4.93. The Kier molecular flexibility index (Phi) is 5.12. The maximum atomic E-state index is 13.8. The summed E-state index contributed by atoms with van der Waals surface area (Å²) in [5.41, 5.74) is 1.55. The highest BCUT2D eigenvalue weighted by molar-refractivity contribution is 6.34. The number of halogens is 2. The lowest BCUT2D eigenvalue weighted by atomic mass is 9.71. The van der Waals surface area contributed by atoms with Crippen LogP contribution in [0.5, 0.6) is 0 Å². The van der Waals surface area contributed by atoms with Crippen LogP contribution in [0.2, 0.25) is 5.02 Å². The number of hydrogen-bond acceptors (Lipinski definition) is 4. The van der Waals surface area contributed by atoms with E-state index in [0.29, 0.717) is 54.7 Å². The molecule has 0 unspecified atom stereocenters. The van der Waals surface area contributed by atoms with Crippen molar-refractivity contribution < 1.29 is 14.0 Å². The molecule has 1 saturated carbocycles. The topological polar surface area (TPSA) is 79.6 Å². The van der Waals surface area contributed by atoms with Crippen LogP contribution in [0.3, 0.4) is 0 Å². The standard InChI is InChI=1S/C23H23ClFN5O2/c1-14-11-19(17(24)12-18(14)25)29-10-7-23(22(29)32)5-3-15(4-6-23)28-21(31)16-13-27-30-9-2-8-26-20(16)30/h2,8-9,11-13,15H,3-7,10H2,1H3,(H,28,31). The van der Waals surface area contributed by atoms with Crippen LogP contribution >= 0.6 is 11.6 Å². The first-order valence-corrected chi connectivity index (χ1v) is 11.1. The van der Waals surface area contributed by atoms with E-state index < -0.39 is 5.41 Å². The van der Waals surface area contributed by atoms with Gasteiger partial charge in [-0.3, -0.25) is 9.59 Å². The molecule has 1 N–H and O–H groups in total. The van der Waals surface area contributed by atoms with Gasteiger partial charge >= 0.3 is 0 Å². The van der Waals surface area contributed by atoms with Crippen molar-refractivity contribution in [3.05, 3.63) is 58.8 Å². The maximum Gasteiger partial charge on any atom is 0.256 e. The lowest BCUT2D eigenvalue weighted by molar-refractivity contribution is -0.127. The van der Waals surface area contributed by atoms with Crippen molar-refractivity contribution >= 4 is 34.7 Å². The molecule has 0 radical (unpaired) electrons. The van der Waals surface area contributed by atoms with Crippen molar-refractivity contribution in [3.63, 3.8) is 0 Å². The van der Waals surface area contributed by atoms with Crippen LogP contribution < -0.4 is 10.2 Å². The summed E-state index contributed by atoms with van der Waals surface area (Å²) in [6.45, 7) is 2.23. The van der Waals surface area contributed by atoms with Crippen molar-refractivity contribution in [1.29, 1.82) is 0 Å². The normalized spacial score (nSPS) is 23.3. The molecule has 1 aromatic carbocycles. The van der Waals surface area contributed by atoms with Crippen molar-refractivity contribution in [2.75, 3.05) is 11.4 Å².